The number of aromatic nitrogens is 1. The first kappa shape index (κ1) is 71.5. The first-order chi connectivity index (χ1) is 43.3. The molecule has 1 saturated carbocycles. The Morgan fingerprint density at radius 1 is 0.670 bits per heavy atom. The third kappa shape index (κ3) is 21.8. The fourth-order valence-corrected chi connectivity index (χ4v) is 10.2. The number of hydrogen-bond donors (Lipinski definition) is 3. The molecule has 1 aliphatic heterocycles. The lowest BCUT2D eigenvalue weighted by molar-refractivity contribution is -0.137. The summed E-state index contributed by atoms with van der Waals surface area (Å²) in [7, 11) is 11.9. The summed E-state index contributed by atoms with van der Waals surface area (Å²) in [5.41, 5.74) is 4.38. The maximum Gasteiger partial charge on any atom is 0.415 e. The van der Waals surface area contributed by atoms with E-state index in [9.17, 15) is 33.6 Å². The van der Waals surface area contributed by atoms with E-state index in [1.165, 1.54) is 12.3 Å². The fourth-order valence-electron chi connectivity index (χ4n) is 10.1. The van der Waals surface area contributed by atoms with Crippen LogP contribution in [0.25, 0.3) is 10.9 Å². The van der Waals surface area contributed by atoms with Crippen molar-refractivity contribution in [2.45, 2.75) is 90.4 Å². The molecule has 1 unspecified atom stereocenters. The Bertz CT molecular complexity index is 3460. The molecule has 8 rings (SSSR count). The number of ether oxygens (including phenoxy) is 5. The van der Waals surface area contributed by atoms with Crippen molar-refractivity contribution in [2.75, 3.05) is 93.1 Å². The van der Waals surface area contributed by atoms with Crippen LogP contribution >= 0.6 is 11.6 Å². The predicted molar refractivity (Wildman–Crippen MR) is 348 cm³/mol. The molecule has 1 aromatic heterocycles. The zero-order chi connectivity index (χ0) is 66.5. The number of carbonyl (C=O) groups is 6. The van der Waals surface area contributed by atoms with Crippen molar-refractivity contribution in [3.63, 3.8) is 0 Å². The van der Waals surface area contributed by atoms with Gasteiger partial charge in [0, 0.05) is 80.3 Å². The molecule has 6 aromatic rings. The van der Waals surface area contributed by atoms with Gasteiger partial charge in [-0.3, -0.25) is 19.2 Å². The van der Waals surface area contributed by atoms with Crippen molar-refractivity contribution in [2.24, 2.45) is 11.8 Å². The molecule has 2 heterocycles. The SMILES string of the molecule is CC(C)C[C@@H](CNC(=O)Oc1cccc([C@H](C)N(C)C)c1)COC=O.C[C@@H](c1cccc(OC(=O)N2CCN(c3cc4c(cc3F)c(=O)c(OC=O)cn4C3CC3)CC2)c1)N(C)C.C[C@@H](c1cccc(OC(=O)NCC(CC(=O)O)c2ccc(Cl)cc2)c1)N(C)C. The third-order valence-corrected chi connectivity index (χ3v) is 16.3. The van der Waals surface area contributed by atoms with Crippen molar-refractivity contribution < 1.29 is 61.9 Å². The van der Waals surface area contributed by atoms with Crippen LogP contribution in [0, 0.1) is 17.7 Å². The lowest BCUT2D eigenvalue weighted by Gasteiger charge is -2.35. The number of halogens is 2. The number of aliphatic carboxylic acids is 1. The van der Waals surface area contributed by atoms with Gasteiger partial charge in [-0.1, -0.05) is 74.0 Å². The van der Waals surface area contributed by atoms with Gasteiger partial charge in [0.05, 0.1) is 35.8 Å². The van der Waals surface area contributed by atoms with Gasteiger partial charge in [0.15, 0.2) is 5.75 Å². The highest BCUT2D eigenvalue weighted by Crippen LogP contribution is 2.39. The minimum atomic E-state index is -0.944. The maximum absolute atomic E-state index is 15.2. The highest BCUT2D eigenvalue weighted by molar-refractivity contribution is 6.30. The Kier molecular flexibility index (Phi) is 27.2. The van der Waals surface area contributed by atoms with Crippen LogP contribution < -0.4 is 39.9 Å². The molecule has 1 aliphatic carbocycles. The van der Waals surface area contributed by atoms with Gasteiger partial charge >= 0.3 is 24.2 Å². The zero-order valence-corrected chi connectivity index (χ0v) is 54.5. The summed E-state index contributed by atoms with van der Waals surface area (Å²) in [6.45, 7) is 13.4. The second-order valence-electron chi connectivity index (χ2n) is 23.8. The molecule has 0 bridgehead atoms. The van der Waals surface area contributed by atoms with Gasteiger partial charge in [0.1, 0.15) is 23.1 Å². The molecule has 3 N–H and O–H groups in total. The van der Waals surface area contributed by atoms with Crippen LogP contribution in [0.4, 0.5) is 24.5 Å². The molecular weight excluding hydrogens is 1190 g/mol. The van der Waals surface area contributed by atoms with Gasteiger partial charge in [0.25, 0.3) is 12.9 Å². The van der Waals surface area contributed by atoms with Crippen molar-refractivity contribution >= 4 is 65.4 Å². The van der Waals surface area contributed by atoms with E-state index in [0.29, 0.717) is 78.6 Å². The normalized spacial score (nSPS) is 14.6. The average molecular weight is 1280 g/mol. The van der Waals surface area contributed by atoms with E-state index in [1.807, 2.05) is 106 Å². The number of carbonyl (C=O) groups excluding carboxylic acids is 5. The summed E-state index contributed by atoms with van der Waals surface area (Å²) in [6.07, 6.45) is 2.56. The lowest BCUT2D eigenvalue weighted by atomic mass is 9.96. The van der Waals surface area contributed by atoms with Crippen molar-refractivity contribution in [3.05, 3.63) is 159 Å². The van der Waals surface area contributed by atoms with Gasteiger partial charge < -0.3 is 68.5 Å². The molecule has 3 amide bonds. The number of anilines is 1. The van der Waals surface area contributed by atoms with Crippen molar-refractivity contribution in [1.29, 1.82) is 0 Å². The number of pyridine rings is 1. The highest BCUT2D eigenvalue weighted by atomic mass is 35.5. The van der Waals surface area contributed by atoms with E-state index in [4.69, 9.17) is 40.4 Å². The average Bonchev–Trinajstić information content (AvgIpc) is 2.25. The second kappa shape index (κ2) is 34.6. The van der Waals surface area contributed by atoms with E-state index in [0.717, 1.165) is 41.5 Å². The molecule has 2 fully saturated rings. The molecule has 5 aromatic carbocycles. The smallest absolute Gasteiger partial charge is 0.415 e. The van der Waals surface area contributed by atoms with Gasteiger partial charge in [0.2, 0.25) is 5.43 Å². The van der Waals surface area contributed by atoms with Gasteiger partial charge in [-0.05, 0) is 171 Å². The number of carboxylic acids is 1. The van der Waals surface area contributed by atoms with Crippen molar-refractivity contribution in [1.82, 2.24) is 34.8 Å². The summed E-state index contributed by atoms with van der Waals surface area (Å²) >= 11 is 5.89. The Balaban J connectivity index is 0.000000224. The van der Waals surface area contributed by atoms with E-state index >= 15 is 4.39 Å². The van der Waals surface area contributed by atoms with Crippen LogP contribution in [0.1, 0.15) is 113 Å². The van der Waals surface area contributed by atoms with Crippen LogP contribution in [-0.4, -0.2) is 155 Å². The summed E-state index contributed by atoms with van der Waals surface area (Å²) in [6, 6.07) is 32.9. The van der Waals surface area contributed by atoms with Crippen LogP contribution in [0.15, 0.2) is 120 Å². The third-order valence-electron chi connectivity index (χ3n) is 16.0. The molecule has 91 heavy (non-hydrogen) atoms. The van der Waals surface area contributed by atoms with Crippen LogP contribution in [0.5, 0.6) is 23.0 Å². The van der Waals surface area contributed by atoms with Crippen LogP contribution in [0.3, 0.4) is 0 Å². The quantitative estimate of drug-likeness (QED) is 0.0452. The van der Waals surface area contributed by atoms with Crippen molar-refractivity contribution in [3.8, 4) is 23.0 Å². The van der Waals surface area contributed by atoms with E-state index < -0.39 is 35.5 Å². The van der Waals surface area contributed by atoms with Crippen LogP contribution in [0.2, 0.25) is 5.02 Å². The Labute approximate surface area is 536 Å². The van der Waals surface area contributed by atoms with E-state index in [2.05, 4.69) is 60.0 Å². The predicted octanol–water partition coefficient (Wildman–Crippen LogP) is 11.5. The number of nitrogens with one attached hydrogen (secondary N) is 2. The number of piperazine rings is 1. The minimum absolute atomic E-state index is 0.0675. The molecule has 23 heteroatoms. The van der Waals surface area contributed by atoms with Crippen LogP contribution in [-0.2, 0) is 19.1 Å². The first-order valence-electron chi connectivity index (χ1n) is 30.3. The minimum Gasteiger partial charge on any atom is -0.481 e. The number of carboxylic acid groups (broad SMARTS) is 1. The number of benzene rings is 5. The fraction of sp³-hybridized carbons (Fsp3) is 0.426. The summed E-state index contributed by atoms with van der Waals surface area (Å²) in [5.74, 6) is -0.0372. The Morgan fingerprint density at radius 2 is 1.18 bits per heavy atom. The summed E-state index contributed by atoms with van der Waals surface area (Å²) in [5, 5.41) is 15.3. The molecule has 490 valence electrons. The van der Waals surface area contributed by atoms with Gasteiger partial charge in [-0.15, -0.1) is 0 Å². The molecular formula is C68H86ClFN8O13. The number of hydrogen-bond acceptors (Lipinski definition) is 16. The molecule has 0 radical (unpaired) electrons. The van der Waals surface area contributed by atoms with E-state index in [-0.39, 0.29) is 73.2 Å². The lowest BCUT2D eigenvalue weighted by Crippen LogP contribution is -2.49. The zero-order valence-electron chi connectivity index (χ0n) is 53.7. The number of amides is 3. The van der Waals surface area contributed by atoms with Gasteiger partial charge in [-0.25, -0.2) is 18.8 Å². The summed E-state index contributed by atoms with van der Waals surface area (Å²) < 4.78 is 43.2. The molecule has 2 aliphatic rings. The Morgan fingerprint density at radius 3 is 1.64 bits per heavy atom. The maximum atomic E-state index is 15.2. The topological polar surface area (TPSA) is 231 Å². The molecule has 21 nitrogen and oxygen atoms in total. The number of rotatable bonds is 25. The number of fused-ring (bicyclic) bond motifs is 1. The molecule has 1 saturated heterocycles. The second-order valence-corrected chi connectivity index (χ2v) is 24.2. The monoisotopic (exact) mass is 1280 g/mol. The summed E-state index contributed by atoms with van der Waals surface area (Å²) in [4.78, 5) is 91.9. The number of nitrogens with zero attached hydrogens (tertiary/aromatic N) is 6. The Hall–Kier alpha value is -8.57. The van der Waals surface area contributed by atoms with Gasteiger partial charge in [-0.2, -0.15) is 0 Å². The first-order valence-corrected chi connectivity index (χ1v) is 30.7. The standard InChI is InChI=1S/C28H31FN4O5.C21H25ClN2O4.C19H30N2O4/c1-18(30(2)3)19-5-4-6-21(13-19)38-28(36)32-11-9-31(10-12-32)25-15-24-22(14-23(25)29)27(35)26(37-17-34)16-33(24)20-7-8-20;1-14(24(2)3)16-5-4-6-19(11-16)28-21(27)23-13-17(12-20(25)26)15-7-9-18(22)10-8-15;1-14(2)9-16(12-24-13-22)11-20-19(23)25-18-8-6-7-17(10-18)15(3)21(4)5/h4-6,13-18,20H,7-12H2,1-3H3;4-11,14,17H,12-13H2,1-3H3,(H,23,27)(H,25,26);6-8,10,13-16H,9,11-12H2,1-5H3,(H,20,23)/t18-;14-,17?;15-,16-/m000/s1. The molecule has 0 spiro atoms. The van der Waals surface area contributed by atoms with E-state index in [1.54, 1.807) is 53.4 Å². The highest BCUT2D eigenvalue weighted by Gasteiger charge is 2.30. The molecule has 5 atom stereocenters. The largest absolute Gasteiger partial charge is 0.481 e.